The molecule has 2 rings (SSSR count). The first-order valence-corrected chi connectivity index (χ1v) is 7.72. The van der Waals surface area contributed by atoms with Gasteiger partial charge in [-0.25, -0.2) is 0 Å². The quantitative estimate of drug-likeness (QED) is 0.829. The smallest absolute Gasteiger partial charge is 0.119 e. The Morgan fingerprint density at radius 1 is 1.21 bits per heavy atom. The second-order valence-electron chi connectivity index (χ2n) is 5.61. The van der Waals surface area contributed by atoms with Crippen LogP contribution in [0.3, 0.4) is 0 Å². The summed E-state index contributed by atoms with van der Waals surface area (Å²) in [4.78, 5) is 0. The summed E-state index contributed by atoms with van der Waals surface area (Å²) < 4.78 is 5.53. The molecule has 0 bridgehead atoms. The summed E-state index contributed by atoms with van der Waals surface area (Å²) in [5.41, 5.74) is 1.41. The lowest BCUT2D eigenvalue weighted by atomic mass is 9.86. The minimum Gasteiger partial charge on any atom is -0.494 e. The minimum atomic E-state index is 0.498. The lowest BCUT2D eigenvalue weighted by Crippen LogP contribution is -2.29. The van der Waals surface area contributed by atoms with Gasteiger partial charge in [0, 0.05) is 6.04 Å². The van der Waals surface area contributed by atoms with E-state index in [1.54, 1.807) is 0 Å². The number of ether oxygens (including phenoxy) is 1. The molecule has 1 fully saturated rings. The molecule has 19 heavy (non-hydrogen) atoms. The van der Waals surface area contributed by atoms with Crippen molar-refractivity contribution in [1.82, 2.24) is 5.32 Å². The van der Waals surface area contributed by atoms with E-state index in [1.165, 1.54) is 24.8 Å². The third-order valence-corrected chi connectivity index (χ3v) is 4.33. The monoisotopic (exact) mass is 261 g/mol. The molecule has 1 aromatic carbocycles. The van der Waals surface area contributed by atoms with Gasteiger partial charge in [0.2, 0.25) is 0 Å². The van der Waals surface area contributed by atoms with Crippen LogP contribution in [0.15, 0.2) is 24.3 Å². The number of hydrogen-bond acceptors (Lipinski definition) is 2. The molecule has 2 heteroatoms. The molecular weight excluding hydrogens is 234 g/mol. The SMILES string of the molecule is CCNC(c1ccc(OCC)cc1)C1CCCC1C. The summed E-state index contributed by atoms with van der Waals surface area (Å²) in [5, 5.41) is 3.68. The van der Waals surface area contributed by atoms with Gasteiger partial charge in [-0.05, 0) is 49.4 Å². The Labute approximate surface area is 117 Å². The van der Waals surface area contributed by atoms with Crippen molar-refractivity contribution in [3.8, 4) is 5.75 Å². The molecule has 0 aromatic heterocycles. The van der Waals surface area contributed by atoms with Crippen LogP contribution in [-0.2, 0) is 0 Å². The summed E-state index contributed by atoms with van der Waals surface area (Å²) in [6.07, 6.45) is 4.11. The van der Waals surface area contributed by atoms with Crippen LogP contribution in [0.2, 0.25) is 0 Å². The van der Waals surface area contributed by atoms with E-state index < -0.39 is 0 Å². The van der Waals surface area contributed by atoms with Gasteiger partial charge in [0.25, 0.3) is 0 Å². The van der Waals surface area contributed by atoms with Crippen molar-refractivity contribution >= 4 is 0 Å². The Morgan fingerprint density at radius 3 is 2.47 bits per heavy atom. The first-order valence-electron chi connectivity index (χ1n) is 7.72. The molecule has 106 valence electrons. The van der Waals surface area contributed by atoms with Crippen LogP contribution in [0, 0.1) is 11.8 Å². The number of nitrogens with one attached hydrogen (secondary N) is 1. The second-order valence-corrected chi connectivity index (χ2v) is 5.61. The molecule has 2 nitrogen and oxygen atoms in total. The third kappa shape index (κ3) is 3.50. The number of hydrogen-bond donors (Lipinski definition) is 1. The van der Waals surface area contributed by atoms with Crippen LogP contribution in [-0.4, -0.2) is 13.2 Å². The van der Waals surface area contributed by atoms with Crippen molar-refractivity contribution in [3.63, 3.8) is 0 Å². The molecule has 1 aliphatic carbocycles. The van der Waals surface area contributed by atoms with Gasteiger partial charge in [0.05, 0.1) is 6.61 Å². The maximum absolute atomic E-state index is 5.53. The number of rotatable bonds is 6. The van der Waals surface area contributed by atoms with E-state index in [0.29, 0.717) is 6.04 Å². The lowest BCUT2D eigenvalue weighted by Gasteiger charge is -2.28. The molecule has 3 atom stereocenters. The Hall–Kier alpha value is -1.02. The second kappa shape index (κ2) is 6.95. The van der Waals surface area contributed by atoms with Gasteiger partial charge in [-0.15, -0.1) is 0 Å². The van der Waals surface area contributed by atoms with Crippen molar-refractivity contribution in [3.05, 3.63) is 29.8 Å². The van der Waals surface area contributed by atoms with E-state index in [9.17, 15) is 0 Å². The number of benzene rings is 1. The highest BCUT2D eigenvalue weighted by molar-refractivity contribution is 5.29. The first kappa shape index (κ1) is 14.4. The van der Waals surface area contributed by atoms with Crippen LogP contribution in [0.5, 0.6) is 5.75 Å². The molecule has 0 radical (unpaired) electrons. The van der Waals surface area contributed by atoms with Crippen molar-refractivity contribution in [2.45, 2.75) is 46.1 Å². The van der Waals surface area contributed by atoms with Crippen molar-refractivity contribution < 1.29 is 4.74 Å². The van der Waals surface area contributed by atoms with Gasteiger partial charge in [-0.2, -0.15) is 0 Å². The van der Waals surface area contributed by atoms with E-state index in [4.69, 9.17) is 4.74 Å². The minimum absolute atomic E-state index is 0.498. The maximum atomic E-state index is 5.53. The zero-order chi connectivity index (χ0) is 13.7. The fourth-order valence-corrected chi connectivity index (χ4v) is 3.34. The fourth-order valence-electron chi connectivity index (χ4n) is 3.34. The van der Waals surface area contributed by atoms with E-state index in [2.05, 4.69) is 43.4 Å². The molecule has 0 saturated heterocycles. The van der Waals surface area contributed by atoms with Gasteiger partial charge < -0.3 is 10.1 Å². The lowest BCUT2D eigenvalue weighted by molar-refractivity contribution is 0.305. The summed E-state index contributed by atoms with van der Waals surface area (Å²) in [6.45, 7) is 8.38. The van der Waals surface area contributed by atoms with E-state index in [1.807, 2.05) is 6.92 Å². The summed E-state index contributed by atoms with van der Waals surface area (Å²) in [7, 11) is 0. The topological polar surface area (TPSA) is 21.3 Å². The predicted octanol–water partition coefficient (Wildman–Crippen LogP) is 4.17. The molecular formula is C17H27NO. The Balaban J connectivity index is 2.13. The van der Waals surface area contributed by atoms with Crippen LogP contribution in [0.1, 0.15) is 51.6 Å². The molecule has 1 aromatic rings. The Kier molecular flexibility index (Phi) is 5.26. The normalized spacial score (nSPS) is 24.4. The van der Waals surface area contributed by atoms with E-state index >= 15 is 0 Å². The largest absolute Gasteiger partial charge is 0.494 e. The molecule has 0 spiro atoms. The van der Waals surface area contributed by atoms with Gasteiger partial charge in [0.1, 0.15) is 5.75 Å². The third-order valence-electron chi connectivity index (χ3n) is 4.33. The van der Waals surface area contributed by atoms with Crippen molar-refractivity contribution in [2.24, 2.45) is 11.8 Å². The predicted molar refractivity (Wildman–Crippen MR) is 80.5 cm³/mol. The summed E-state index contributed by atoms with van der Waals surface area (Å²) >= 11 is 0. The highest BCUT2D eigenvalue weighted by atomic mass is 16.5. The van der Waals surface area contributed by atoms with Crippen molar-refractivity contribution in [2.75, 3.05) is 13.2 Å². The highest BCUT2D eigenvalue weighted by Crippen LogP contribution is 2.40. The molecule has 0 heterocycles. The standard InChI is InChI=1S/C17H27NO/c1-4-18-17(16-8-6-7-13(16)3)14-9-11-15(12-10-14)19-5-2/h9-13,16-18H,4-8H2,1-3H3. The zero-order valence-electron chi connectivity index (χ0n) is 12.5. The summed E-state index contributed by atoms with van der Waals surface area (Å²) in [6, 6.07) is 9.15. The van der Waals surface area contributed by atoms with Crippen LogP contribution in [0.25, 0.3) is 0 Å². The molecule has 1 saturated carbocycles. The molecule has 1 N–H and O–H groups in total. The average Bonchev–Trinajstić information content (AvgIpc) is 2.84. The van der Waals surface area contributed by atoms with Crippen LogP contribution >= 0.6 is 0 Å². The first-order chi connectivity index (χ1) is 9.26. The van der Waals surface area contributed by atoms with Gasteiger partial charge in [-0.1, -0.05) is 38.8 Å². The molecule has 1 aliphatic rings. The van der Waals surface area contributed by atoms with Crippen molar-refractivity contribution in [1.29, 1.82) is 0 Å². The van der Waals surface area contributed by atoms with Gasteiger partial charge >= 0.3 is 0 Å². The maximum Gasteiger partial charge on any atom is 0.119 e. The van der Waals surface area contributed by atoms with Crippen LogP contribution in [0.4, 0.5) is 0 Å². The Morgan fingerprint density at radius 2 is 1.95 bits per heavy atom. The molecule has 3 unspecified atom stereocenters. The average molecular weight is 261 g/mol. The van der Waals surface area contributed by atoms with Gasteiger partial charge in [-0.3, -0.25) is 0 Å². The molecule has 0 amide bonds. The van der Waals surface area contributed by atoms with Crippen LogP contribution < -0.4 is 10.1 Å². The Bertz CT molecular complexity index is 373. The fraction of sp³-hybridized carbons (Fsp3) is 0.647. The van der Waals surface area contributed by atoms with E-state index in [0.717, 1.165) is 30.7 Å². The summed E-state index contributed by atoms with van der Waals surface area (Å²) in [5.74, 6) is 2.58. The molecule has 0 aliphatic heterocycles. The zero-order valence-corrected chi connectivity index (χ0v) is 12.5. The van der Waals surface area contributed by atoms with Gasteiger partial charge in [0.15, 0.2) is 0 Å². The highest BCUT2D eigenvalue weighted by Gasteiger charge is 2.31. The van der Waals surface area contributed by atoms with E-state index in [-0.39, 0.29) is 0 Å².